The van der Waals surface area contributed by atoms with Gasteiger partial charge in [0, 0.05) is 25.5 Å². The minimum absolute atomic E-state index is 0.0242. The third-order valence-electron chi connectivity index (χ3n) is 4.85. The van der Waals surface area contributed by atoms with Gasteiger partial charge in [-0.25, -0.2) is 13.2 Å². The summed E-state index contributed by atoms with van der Waals surface area (Å²) in [6.45, 7) is 3.57. The largest absolute Gasteiger partial charge is 0.373 e. The molecule has 7 nitrogen and oxygen atoms in total. The quantitative estimate of drug-likeness (QED) is 0.868. The predicted molar refractivity (Wildman–Crippen MR) is 93.8 cm³/mol. The number of sulfone groups is 1. The summed E-state index contributed by atoms with van der Waals surface area (Å²) >= 11 is 0. The van der Waals surface area contributed by atoms with Crippen molar-refractivity contribution in [2.45, 2.75) is 44.4 Å². The highest BCUT2D eigenvalue weighted by atomic mass is 32.2. The number of carbonyl (C=O) groups excluding carboxylic acids is 1. The van der Waals surface area contributed by atoms with Gasteiger partial charge >= 0.3 is 6.03 Å². The number of likely N-dealkylation sites (tertiary alicyclic amines) is 1. The summed E-state index contributed by atoms with van der Waals surface area (Å²) in [7, 11) is -3.03. The van der Waals surface area contributed by atoms with Crippen LogP contribution in [-0.2, 0) is 21.2 Å². The molecule has 1 atom stereocenters. The van der Waals surface area contributed by atoms with Crippen LogP contribution < -0.4 is 5.32 Å². The lowest BCUT2D eigenvalue weighted by Crippen LogP contribution is -2.54. The second-order valence-electron chi connectivity index (χ2n) is 7.19. The first-order chi connectivity index (χ1) is 11.9. The summed E-state index contributed by atoms with van der Waals surface area (Å²) < 4.78 is 29.2. The van der Waals surface area contributed by atoms with Crippen molar-refractivity contribution in [1.82, 2.24) is 15.2 Å². The normalized spacial score (nSPS) is 26.5. The zero-order valence-electron chi connectivity index (χ0n) is 14.5. The van der Waals surface area contributed by atoms with E-state index in [0.29, 0.717) is 26.1 Å². The molecule has 3 rings (SSSR count). The molecule has 8 heteroatoms. The summed E-state index contributed by atoms with van der Waals surface area (Å²) in [5.74, 6) is 0.171. The van der Waals surface area contributed by atoms with Crippen LogP contribution in [0.15, 0.2) is 24.5 Å². The van der Waals surface area contributed by atoms with Crippen LogP contribution in [0.2, 0.25) is 0 Å². The number of ether oxygens (including phenoxy) is 1. The van der Waals surface area contributed by atoms with Crippen molar-refractivity contribution in [1.29, 1.82) is 0 Å². The molecule has 0 spiro atoms. The average molecular weight is 367 g/mol. The van der Waals surface area contributed by atoms with E-state index in [0.717, 1.165) is 18.4 Å². The third-order valence-corrected chi connectivity index (χ3v) is 6.75. The summed E-state index contributed by atoms with van der Waals surface area (Å²) in [6, 6.07) is 3.69. The lowest BCUT2D eigenvalue weighted by molar-refractivity contribution is 0.00396. The molecule has 1 aromatic heterocycles. The van der Waals surface area contributed by atoms with Gasteiger partial charge < -0.3 is 15.0 Å². The Labute approximate surface area is 148 Å². The molecule has 2 aliphatic rings. The lowest BCUT2D eigenvalue weighted by Gasteiger charge is -2.34. The van der Waals surface area contributed by atoms with Gasteiger partial charge in [-0.2, -0.15) is 0 Å². The highest BCUT2D eigenvalue weighted by Gasteiger charge is 2.40. The van der Waals surface area contributed by atoms with E-state index < -0.39 is 15.4 Å². The van der Waals surface area contributed by atoms with Crippen molar-refractivity contribution >= 4 is 15.9 Å². The minimum Gasteiger partial charge on any atom is -0.373 e. The smallest absolute Gasteiger partial charge is 0.317 e. The predicted octanol–water partition coefficient (Wildman–Crippen LogP) is 1.35. The molecule has 0 aromatic carbocycles. The maximum Gasteiger partial charge on any atom is 0.317 e. The first-order valence-electron chi connectivity index (χ1n) is 8.63. The standard InChI is InChI=1S/C17H25N3O4S/c1-17(6-10-25(22,23)13-17)19-16(21)20-8-4-15(5-9-20)24-12-14-3-2-7-18-11-14/h2-3,7,11,15H,4-6,8-10,12-13H2,1H3,(H,19,21)/t17-/m0/s1. The molecule has 2 saturated heterocycles. The van der Waals surface area contributed by atoms with Gasteiger partial charge in [0.15, 0.2) is 9.84 Å². The van der Waals surface area contributed by atoms with E-state index in [2.05, 4.69) is 10.3 Å². The van der Waals surface area contributed by atoms with Crippen LogP contribution in [0.1, 0.15) is 31.7 Å². The molecule has 25 heavy (non-hydrogen) atoms. The Kier molecular flexibility index (Phi) is 5.29. The summed E-state index contributed by atoms with van der Waals surface area (Å²) in [4.78, 5) is 18.2. The SMILES string of the molecule is C[C@]1(NC(=O)N2CCC(OCc3cccnc3)CC2)CCS(=O)(=O)C1. The van der Waals surface area contributed by atoms with E-state index in [9.17, 15) is 13.2 Å². The van der Waals surface area contributed by atoms with Crippen molar-refractivity contribution in [3.63, 3.8) is 0 Å². The molecule has 0 bridgehead atoms. The number of carbonyl (C=O) groups is 1. The number of amides is 2. The topological polar surface area (TPSA) is 88.6 Å². The average Bonchev–Trinajstić information content (AvgIpc) is 2.87. The molecule has 2 aliphatic heterocycles. The van der Waals surface area contributed by atoms with E-state index in [1.807, 2.05) is 12.1 Å². The fourth-order valence-corrected chi connectivity index (χ4v) is 5.46. The highest BCUT2D eigenvalue weighted by molar-refractivity contribution is 7.91. The number of aromatic nitrogens is 1. The van der Waals surface area contributed by atoms with Crippen LogP contribution >= 0.6 is 0 Å². The summed E-state index contributed by atoms with van der Waals surface area (Å²) in [5.41, 5.74) is 0.391. The number of nitrogens with zero attached hydrogens (tertiary/aromatic N) is 2. The van der Waals surface area contributed by atoms with Gasteiger partial charge in [-0.05, 0) is 37.8 Å². The van der Waals surface area contributed by atoms with E-state index in [-0.39, 0.29) is 23.6 Å². The van der Waals surface area contributed by atoms with Gasteiger partial charge in [0.2, 0.25) is 0 Å². The van der Waals surface area contributed by atoms with Crippen LogP contribution in [0.3, 0.4) is 0 Å². The van der Waals surface area contributed by atoms with Gasteiger partial charge in [0.1, 0.15) is 0 Å². The number of rotatable bonds is 4. The van der Waals surface area contributed by atoms with Gasteiger partial charge in [-0.15, -0.1) is 0 Å². The first-order valence-corrected chi connectivity index (χ1v) is 10.5. The van der Waals surface area contributed by atoms with Crippen molar-refractivity contribution in [3.8, 4) is 0 Å². The summed E-state index contributed by atoms with van der Waals surface area (Å²) in [6.07, 6.45) is 5.69. The van der Waals surface area contributed by atoms with E-state index in [4.69, 9.17) is 4.74 Å². The zero-order chi connectivity index (χ0) is 17.9. The van der Waals surface area contributed by atoms with Gasteiger partial charge in [-0.1, -0.05) is 6.07 Å². The van der Waals surface area contributed by atoms with Crippen LogP contribution in [0.5, 0.6) is 0 Å². The van der Waals surface area contributed by atoms with Crippen molar-refractivity contribution < 1.29 is 17.9 Å². The van der Waals surface area contributed by atoms with E-state index in [1.54, 1.807) is 24.2 Å². The molecular weight excluding hydrogens is 342 g/mol. The number of urea groups is 1. The van der Waals surface area contributed by atoms with Crippen molar-refractivity contribution in [2.75, 3.05) is 24.6 Å². The molecule has 2 amide bonds. The van der Waals surface area contributed by atoms with Crippen molar-refractivity contribution in [3.05, 3.63) is 30.1 Å². The number of pyridine rings is 1. The molecule has 0 unspecified atom stereocenters. The fraction of sp³-hybridized carbons (Fsp3) is 0.647. The van der Waals surface area contributed by atoms with E-state index in [1.165, 1.54) is 0 Å². The number of piperidine rings is 1. The summed E-state index contributed by atoms with van der Waals surface area (Å²) in [5, 5.41) is 2.91. The fourth-order valence-electron chi connectivity index (χ4n) is 3.37. The molecule has 2 fully saturated rings. The van der Waals surface area contributed by atoms with Gasteiger partial charge in [-0.3, -0.25) is 4.98 Å². The lowest BCUT2D eigenvalue weighted by atomic mass is 10.0. The minimum atomic E-state index is -3.03. The molecule has 0 aliphatic carbocycles. The van der Waals surface area contributed by atoms with Gasteiger partial charge in [0.05, 0.1) is 29.8 Å². The molecule has 0 radical (unpaired) electrons. The van der Waals surface area contributed by atoms with Crippen LogP contribution in [-0.4, -0.2) is 60.6 Å². The Morgan fingerprint density at radius 1 is 1.44 bits per heavy atom. The van der Waals surface area contributed by atoms with Crippen LogP contribution in [0, 0.1) is 0 Å². The van der Waals surface area contributed by atoms with E-state index >= 15 is 0 Å². The van der Waals surface area contributed by atoms with Crippen molar-refractivity contribution in [2.24, 2.45) is 0 Å². The van der Waals surface area contributed by atoms with Crippen LogP contribution in [0.4, 0.5) is 4.79 Å². The number of hydrogen-bond acceptors (Lipinski definition) is 5. The highest BCUT2D eigenvalue weighted by Crippen LogP contribution is 2.24. The second kappa shape index (κ2) is 7.29. The Bertz CT molecular complexity index is 702. The first kappa shape index (κ1) is 18.1. The second-order valence-corrected chi connectivity index (χ2v) is 9.38. The zero-order valence-corrected chi connectivity index (χ0v) is 15.3. The Morgan fingerprint density at radius 3 is 2.80 bits per heavy atom. The number of nitrogens with one attached hydrogen (secondary N) is 1. The van der Waals surface area contributed by atoms with Gasteiger partial charge in [0.25, 0.3) is 0 Å². The Morgan fingerprint density at radius 2 is 2.20 bits per heavy atom. The third kappa shape index (κ3) is 4.92. The maximum atomic E-state index is 12.4. The molecule has 138 valence electrons. The maximum absolute atomic E-state index is 12.4. The Hall–Kier alpha value is -1.67. The Balaban J connectivity index is 1.43. The molecule has 1 N–H and O–H groups in total. The number of hydrogen-bond donors (Lipinski definition) is 1. The van der Waals surface area contributed by atoms with Crippen LogP contribution in [0.25, 0.3) is 0 Å². The molecule has 0 saturated carbocycles. The molecular formula is C17H25N3O4S. The monoisotopic (exact) mass is 367 g/mol. The molecule has 1 aromatic rings. The molecule has 3 heterocycles.